The Morgan fingerprint density at radius 3 is 2.59 bits per heavy atom. The minimum absolute atomic E-state index is 0.0135. The summed E-state index contributed by atoms with van der Waals surface area (Å²) in [6.45, 7) is 13.1. The van der Waals surface area contributed by atoms with Crippen molar-refractivity contribution in [3.8, 4) is 10.8 Å². The summed E-state index contributed by atoms with van der Waals surface area (Å²) in [5, 5.41) is 9.79. The lowest BCUT2D eigenvalue weighted by molar-refractivity contribution is -0.0583. The molecular weight excluding hydrogens is 607 g/mol. The van der Waals surface area contributed by atoms with Crippen LogP contribution in [0.15, 0.2) is 40.1 Å². The third kappa shape index (κ3) is 5.61. The number of benzene rings is 1. The van der Waals surface area contributed by atoms with E-state index in [4.69, 9.17) is 18.9 Å². The van der Waals surface area contributed by atoms with Gasteiger partial charge in [0.05, 0.1) is 24.4 Å². The molecule has 3 aliphatic rings. The second-order valence-electron chi connectivity index (χ2n) is 13.8. The Bertz CT molecular complexity index is 1800. The van der Waals surface area contributed by atoms with Crippen molar-refractivity contribution in [2.24, 2.45) is 10.4 Å². The molecule has 12 heteroatoms. The van der Waals surface area contributed by atoms with Gasteiger partial charge < -0.3 is 18.8 Å². The quantitative estimate of drug-likeness (QED) is 0.228. The summed E-state index contributed by atoms with van der Waals surface area (Å²) >= 11 is 1.63. The summed E-state index contributed by atoms with van der Waals surface area (Å²) in [4.78, 5) is 24.9. The Labute approximate surface area is 271 Å². The Hall–Kier alpha value is -4.06. The van der Waals surface area contributed by atoms with Gasteiger partial charge in [-0.05, 0) is 90.3 Å². The molecule has 4 aromatic rings. The molecule has 2 fully saturated rings. The molecule has 1 saturated heterocycles. The molecule has 1 aromatic carbocycles. The van der Waals surface area contributed by atoms with Gasteiger partial charge >= 0.3 is 6.09 Å². The number of thiophene rings is 1. The maximum atomic E-state index is 16.1. The van der Waals surface area contributed by atoms with Gasteiger partial charge in [0.25, 0.3) is 0 Å². The van der Waals surface area contributed by atoms with E-state index >= 15 is 4.39 Å². The van der Waals surface area contributed by atoms with E-state index in [0.29, 0.717) is 48.3 Å². The number of halogens is 1. The van der Waals surface area contributed by atoms with Crippen LogP contribution in [0.4, 0.5) is 9.18 Å². The van der Waals surface area contributed by atoms with E-state index in [0.717, 1.165) is 52.5 Å². The molecule has 1 saturated carbocycles. The van der Waals surface area contributed by atoms with Crippen molar-refractivity contribution >= 4 is 23.1 Å². The van der Waals surface area contributed by atoms with Crippen LogP contribution in [0.3, 0.4) is 0 Å². The second kappa shape index (κ2) is 11.3. The number of piperidine rings is 1. The number of nitrogens with zero attached hydrogens (tertiary/aromatic N) is 6. The number of rotatable bonds is 5. The van der Waals surface area contributed by atoms with Crippen LogP contribution < -0.4 is 4.74 Å². The summed E-state index contributed by atoms with van der Waals surface area (Å²) in [7, 11) is 0. The molecule has 10 nitrogen and oxygen atoms in total. The molecule has 0 radical (unpaired) electrons. The van der Waals surface area contributed by atoms with Crippen LogP contribution in [0.25, 0.3) is 5.00 Å². The minimum atomic E-state index is -0.502. The first-order valence-corrected chi connectivity index (χ1v) is 16.6. The summed E-state index contributed by atoms with van der Waals surface area (Å²) in [6.07, 6.45) is 6.89. The average Bonchev–Trinajstić information content (AvgIpc) is 3.68. The van der Waals surface area contributed by atoms with Gasteiger partial charge in [0.2, 0.25) is 0 Å². The highest BCUT2D eigenvalue weighted by Crippen LogP contribution is 2.50. The number of aryl methyl sites for hydroxylation is 2. The van der Waals surface area contributed by atoms with E-state index in [1.54, 1.807) is 28.5 Å². The maximum absolute atomic E-state index is 16.1. The lowest BCUT2D eigenvalue weighted by atomic mass is 9.61. The molecule has 5 heterocycles. The van der Waals surface area contributed by atoms with Crippen molar-refractivity contribution in [2.75, 3.05) is 13.1 Å². The van der Waals surface area contributed by atoms with Gasteiger partial charge in [-0.3, -0.25) is 9.56 Å². The number of oxazole rings is 1. The van der Waals surface area contributed by atoms with Crippen molar-refractivity contribution in [1.82, 2.24) is 24.6 Å². The molecule has 1 amide bonds. The smallest absolute Gasteiger partial charge is 0.410 e. The first kappa shape index (κ1) is 30.6. The van der Waals surface area contributed by atoms with Crippen molar-refractivity contribution in [2.45, 2.75) is 91.4 Å². The number of amides is 1. The number of fused-ring (bicyclic) bond motifs is 3. The van der Waals surface area contributed by atoms with Gasteiger partial charge in [0.15, 0.2) is 11.7 Å². The summed E-state index contributed by atoms with van der Waals surface area (Å²) in [5.74, 6) is 2.05. The van der Waals surface area contributed by atoms with Crippen LogP contribution in [0.1, 0.15) is 91.6 Å². The number of hydrogen-bond acceptors (Lipinski definition) is 9. The van der Waals surface area contributed by atoms with Crippen molar-refractivity contribution < 1.29 is 23.1 Å². The number of aromatic nitrogens is 4. The zero-order chi connectivity index (χ0) is 32.4. The summed E-state index contributed by atoms with van der Waals surface area (Å²) < 4.78 is 35.5. The zero-order valence-electron chi connectivity index (χ0n) is 27.1. The van der Waals surface area contributed by atoms with Crippen LogP contribution in [0, 0.1) is 32.0 Å². The second-order valence-corrected chi connectivity index (χ2v) is 15.0. The molecule has 0 bridgehead atoms. The number of carbonyl (C=O) groups is 1. The average molecular weight is 647 g/mol. The summed E-state index contributed by atoms with van der Waals surface area (Å²) in [6, 6.07) is 4.61. The Morgan fingerprint density at radius 2 is 1.91 bits per heavy atom. The van der Waals surface area contributed by atoms with Crippen LogP contribution in [-0.2, 0) is 11.2 Å². The molecule has 46 heavy (non-hydrogen) atoms. The van der Waals surface area contributed by atoms with E-state index in [9.17, 15) is 4.79 Å². The predicted octanol–water partition coefficient (Wildman–Crippen LogP) is 7.07. The van der Waals surface area contributed by atoms with Crippen LogP contribution in [0.2, 0.25) is 0 Å². The minimum Gasteiger partial charge on any atom is -0.490 e. The molecule has 3 aromatic heterocycles. The molecule has 7 rings (SSSR count). The number of carbonyl (C=O) groups excluding carboxylic acids is 1. The lowest BCUT2D eigenvalue weighted by Crippen LogP contribution is -2.52. The standard InChI is InChI=1S/C34H39FN6O4S/c1-19-20(2)46-31-28(19)29(37-26(16-27-36-11-14-43-27)30-39-38-21(3)41(30)31)24-8-7-22(15-25(24)35)44-23-17-34(18-23)9-12-40(13-10-34)32(42)45-33(4,5)6/h7-8,11,14-15,23,26H,9-10,12-13,16-18H2,1-6H3/t26-/m0/s1. The fourth-order valence-electron chi connectivity index (χ4n) is 6.87. The van der Waals surface area contributed by atoms with Gasteiger partial charge in [-0.15, -0.1) is 21.5 Å². The Morgan fingerprint density at radius 1 is 1.15 bits per heavy atom. The SMILES string of the molecule is Cc1sc2c(c1C)C(c1ccc(OC3CC4(CCN(C(=O)OC(C)(C)C)CC4)C3)cc1F)=N[C@@H](Cc1ncco1)c1nnc(C)n1-2. The van der Waals surface area contributed by atoms with E-state index < -0.39 is 17.5 Å². The normalized spacial score (nSPS) is 19.2. The van der Waals surface area contributed by atoms with Gasteiger partial charge in [-0.2, -0.15) is 0 Å². The Balaban J connectivity index is 1.10. The van der Waals surface area contributed by atoms with Crippen LogP contribution >= 0.6 is 11.3 Å². The van der Waals surface area contributed by atoms with Gasteiger partial charge in [-0.25, -0.2) is 14.2 Å². The van der Waals surface area contributed by atoms with Crippen LogP contribution in [0.5, 0.6) is 5.75 Å². The summed E-state index contributed by atoms with van der Waals surface area (Å²) in [5.41, 5.74) is 2.57. The fraction of sp³-hybridized carbons (Fsp3) is 0.500. The molecule has 1 spiro atoms. The van der Waals surface area contributed by atoms with E-state index in [1.165, 1.54) is 12.3 Å². The first-order chi connectivity index (χ1) is 21.9. The first-order valence-electron chi connectivity index (χ1n) is 15.8. The van der Waals surface area contributed by atoms with Gasteiger partial charge in [0, 0.05) is 35.2 Å². The number of ether oxygens (including phenoxy) is 2. The van der Waals surface area contributed by atoms with Crippen molar-refractivity contribution in [3.63, 3.8) is 0 Å². The van der Waals surface area contributed by atoms with E-state index in [1.807, 2.05) is 45.3 Å². The Kier molecular flexibility index (Phi) is 7.53. The van der Waals surface area contributed by atoms with Gasteiger partial charge in [0.1, 0.15) is 40.3 Å². The van der Waals surface area contributed by atoms with Gasteiger partial charge in [-0.1, -0.05) is 0 Å². The number of aliphatic imine (C=N–C) groups is 1. The lowest BCUT2D eigenvalue weighted by Gasteiger charge is -2.51. The third-order valence-corrected chi connectivity index (χ3v) is 10.6. The van der Waals surface area contributed by atoms with Crippen molar-refractivity contribution in [3.05, 3.63) is 75.6 Å². The highest BCUT2D eigenvalue weighted by molar-refractivity contribution is 7.15. The number of likely N-dealkylation sites (tertiary alicyclic amines) is 1. The largest absolute Gasteiger partial charge is 0.490 e. The number of hydrogen-bond donors (Lipinski definition) is 0. The molecule has 242 valence electrons. The monoisotopic (exact) mass is 646 g/mol. The molecular formula is C34H39FN6O4S. The molecule has 2 aliphatic heterocycles. The van der Waals surface area contributed by atoms with E-state index in [-0.39, 0.29) is 17.6 Å². The highest BCUT2D eigenvalue weighted by atomic mass is 32.1. The van der Waals surface area contributed by atoms with Crippen molar-refractivity contribution in [1.29, 1.82) is 0 Å². The molecule has 0 unspecified atom stereocenters. The topological polar surface area (TPSA) is 108 Å². The fourth-order valence-corrected chi connectivity index (χ4v) is 8.08. The maximum Gasteiger partial charge on any atom is 0.410 e. The third-order valence-electron chi connectivity index (χ3n) is 9.39. The molecule has 1 aliphatic carbocycles. The highest BCUT2D eigenvalue weighted by Gasteiger charge is 2.48. The predicted molar refractivity (Wildman–Crippen MR) is 172 cm³/mol. The van der Waals surface area contributed by atoms with Crippen LogP contribution in [-0.4, -0.2) is 61.2 Å². The molecule has 0 N–H and O–H groups in total. The molecule has 1 atom stereocenters. The zero-order valence-corrected chi connectivity index (χ0v) is 27.9. The van der Waals surface area contributed by atoms with E-state index in [2.05, 4.69) is 22.1 Å².